The predicted molar refractivity (Wildman–Crippen MR) is 80.8 cm³/mol. The van der Waals surface area contributed by atoms with Crippen molar-refractivity contribution in [1.29, 1.82) is 0 Å². The minimum absolute atomic E-state index is 0.121. The van der Waals surface area contributed by atoms with Crippen molar-refractivity contribution in [2.75, 3.05) is 6.61 Å². The van der Waals surface area contributed by atoms with E-state index < -0.39 is 11.8 Å². The molecule has 3 aromatic rings. The SMILES string of the molecule is O=C(OCCCn1nc2ccccn2c1=O)c1cccc(F)c1. The second kappa shape index (κ2) is 6.43. The first-order valence-corrected chi connectivity index (χ1v) is 7.12. The van der Waals surface area contributed by atoms with Crippen LogP contribution in [0.25, 0.3) is 5.65 Å². The average molecular weight is 315 g/mol. The lowest BCUT2D eigenvalue weighted by atomic mass is 10.2. The topological polar surface area (TPSA) is 65.6 Å². The van der Waals surface area contributed by atoms with Gasteiger partial charge in [-0.05, 0) is 30.3 Å². The number of rotatable bonds is 5. The molecule has 0 aliphatic carbocycles. The van der Waals surface area contributed by atoms with Crippen molar-refractivity contribution in [3.8, 4) is 0 Å². The van der Waals surface area contributed by atoms with Gasteiger partial charge in [-0.1, -0.05) is 12.1 Å². The summed E-state index contributed by atoms with van der Waals surface area (Å²) in [5.41, 5.74) is 0.487. The highest BCUT2D eigenvalue weighted by Gasteiger charge is 2.09. The van der Waals surface area contributed by atoms with E-state index in [4.69, 9.17) is 4.74 Å². The van der Waals surface area contributed by atoms with Crippen molar-refractivity contribution in [3.63, 3.8) is 0 Å². The zero-order chi connectivity index (χ0) is 16.2. The molecule has 0 saturated carbocycles. The lowest BCUT2D eigenvalue weighted by Gasteiger charge is -2.04. The molecule has 118 valence electrons. The fourth-order valence-corrected chi connectivity index (χ4v) is 2.19. The van der Waals surface area contributed by atoms with Crippen molar-refractivity contribution >= 4 is 11.6 Å². The van der Waals surface area contributed by atoms with E-state index >= 15 is 0 Å². The van der Waals surface area contributed by atoms with Crippen LogP contribution in [0.1, 0.15) is 16.8 Å². The Hall–Kier alpha value is -2.96. The van der Waals surface area contributed by atoms with Gasteiger partial charge in [-0.2, -0.15) is 0 Å². The van der Waals surface area contributed by atoms with Crippen LogP contribution < -0.4 is 5.69 Å². The third-order valence-corrected chi connectivity index (χ3v) is 3.30. The summed E-state index contributed by atoms with van der Waals surface area (Å²) in [7, 11) is 0. The zero-order valence-corrected chi connectivity index (χ0v) is 12.2. The molecule has 1 aromatic carbocycles. The maximum absolute atomic E-state index is 13.0. The molecule has 0 radical (unpaired) electrons. The molecule has 0 fully saturated rings. The zero-order valence-electron chi connectivity index (χ0n) is 12.2. The van der Waals surface area contributed by atoms with Crippen molar-refractivity contribution in [3.05, 3.63) is 70.5 Å². The molecule has 3 rings (SSSR count). The van der Waals surface area contributed by atoms with Gasteiger partial charge in [0.1, 0.15) is 5.82 Å². The fourth-order valence-electron chi connectivity index (χ4n) is 2.19. The number of aryl methyl sites for hydroxylation is 1. The quantitative estimate of drug-likeness (QED) is 0.533. The van der Waals surface area contributed by atoms with Crippen LogP contribution in [0.4, 0.5) is 4.39 Å². The molecule has 2 heterocycles. The largest absolute Gasteiger partial charge is 0.462 e. The van der Waals surface area contributed by atoms with Crippen molar-refractivity contribution in [2.24, 2.45) is 0 Å². The number of nitrogens with zero attached hydrogens (tertiary/aromatic N) is 3. The molecule has 0 unspecified atom stereocenters. The van der Waals surface area contributed by atoms with Gasteiger partial charge >= 0.3 is 11.7 Å². The Balaban J connectivity index is 1.56. The number of carbonyl (C=O) groups excluding carboxylic acids is 1. The summed E-state index contributed by atoms with van der Waals surface area (Å²) in [5, 5.41) is 4.18. The molecule has 0 N–H and O–H groups in total. The predicted octanol–water partition coefficient (Wildman–Crippen LogP) is 1.88. The molecule has 2 aromatic heterocycles. The summed E-state index contributed by atoms with van der Waals surface area (Å²) in [5.74, 6) is -1.08. The first-order valence-electron chi connectivity index (χ1n) is 7.12. The van der Waals surface area contributed by atoms with Gasteiger partial charge in [0.25, 0.3) is 0 Å². The van der Waals surface area contributed by atoms with E-state index in [0.29, 0.717) is 18.6 Å². The normalized spacial score (nSPS) is 10.8. The van der Waals surface area contributed by atoms with E-state index in [2.05, 4.69) is 5.10 Å². The van der Waals surface area contributed by atoms with Gasteiger partial charge in [-0.3, -0.25) is 4.40 Å². The summed E-state index contributed by atoms with van der Waals surface area (Å²) in [6, 6.07) is 10.6. The minimum atomic E-state index is -0.591. The highest BCUT2D eigenvalue weighted by molar-refractivity contribution is 5.89. The Morgan fingerprint density at radius 3 is 2.87 bits per heavy atom. The molecule has 0 aliphatic heterocycles. The van der Waals surface area contributed by atoms with Crippen molar-refractivity contribution in [2.45, 2.75) is 13.0 Å². The van der Waals surface area contributed by atoms with Crippen LogP contribution in [-0.4, -0.2) is 26.8 Å². The van der Waals surface area contributed by atoms with Gasteiger partial charge < -0.3 is 4.74 Å². The number of pyridine rings is 1. The molecule has 0 saturated heterocycles. The standard InChI is InChI=1S/C16H14FN3O3/c17-13-6-3-5-12(11-13)15(21)23-10-4-9-20-16(22)19-8-2-1-7-14(19)18-20/h1-3,5-8,11H,4,9-10H2. The monoisotopic (exact) mass is 315 g/mol. The maximum atomic E-state index is 13.0. The molecule has 0 bridgehead atoms. The lowest BCUT2D eigenvalue weighted by molar-refractivity contribution is 0.0494. The van der Waals surface area contributed by atoms with Gasteiger partial charge in [-0.25, -0.2) is 18.7 Å². The molecule has 0 amide bonds. The van der Waals surface area contributed by atoms with Crippen LogP contribution in [0.15, 0.2) is 53.5 Å². The highest BCUT2D eigenvalue weighted by Crippen LogP contribution is 2.05. The number of fused-ring (bicyclic) bond motifs is 1. The van der Waals surface area contributed by atoms with Crippen LogP contribution in [0.2, 0.25) is 0 Å². The van der Waals surface area contributed by atoms with Crippen LogP contribution in [0.5, 0.6) is 0 Å². The molecule has 0 aliphatic rings. The number of hydrogen-bond donors (Lipinski definition) is 0. The van der Waals surface area contributed by atoms with Gasteiger partial charge in [0.15, 0.2) is 5.65 Å². The van der Waals surface area contributed by atoms with Gasteiger partial charge in [0.05, 0.1) is 12.2 Å². The Morgan fingerprint density at radius 1 is 1.22 bits per heavy atom. The average Bonchev–Trinajstić information content (AvgIpc) is 2.88. The third kappa shape index (κ3) is 3.28. The van der Waals surface area contributed by atoms with Crippen molar-refractivity contribution < 1.29 is 13.9 Å². The van der Waals surface area contributed by atoms with Crippen LogP contribution >= 0.6 is 0 Å². The molecule has 0 spiro atoms. The second-order valence-electron chi connectivity index (χ2n) is 4.93. The number of ether oxygens (including phenoxy) is 1. The first-order chi connectivity index (χ1) is 11.1. The van der Waals surface area contributed by atoms with Gasteiger partial charge in [0, 0.05) is 19.2 Å². The Kier molecular flexibility index (Phi) is 4.18. The van der Waals surface area contributed by atoms with E-state index in [1.165, 1.54) is 27.3 Å². The minimum Gasteiger partial charge on any atom is -0.462 e. The number of aromatic nitrogens is 3. The van der Waals surface area contributed by atoms with Gasteiger partial charge in [-0.15, -0.1) is 5.10 Å². The van der Waals surface area contributed by atoms with E-state index in [-0.39, 0.29) is 17.9 Å². The Morgan fingerprint density at radius 2 is 2.09 bits per heavy atom. The molecule has 7 heteroatoms. The van der Waals surface area contributed by atoms with Crippen molar-refractivity contribution in [1.82, 2.24) is 14.2 Å². The summed E-state index contributed by atoms with van der Waals surface area (Å²) in [4.78, 5) is 23.8. The Bertz CT molecular complexity index is 901. The second-order valence-corrected chi connectivity index (χ2v) is 4.93. The first kappa shape index (κ1) is 15.0. The molecular weight excluding hydrogens is 301 g/mol. The summed E-state index contributed by atoms with van der Waals surface area (Å²) < 4.78 is 20.9. The maximum Gasteiger partial charge on any atom is 0.350 e. The number of benzene rings is 1. The van der Waals surface area contributed by atoms with E-state index in [1.54, 1.807) is 24.4 Å². The lowest BCUT2D eigenvalue weighted by Crippen LogP contribution is -2.22. The molecular formula is C16H14FN3O3. The number of hydrogen-bond acceptors (Lipinski definition) is 4. The van der Waals surface area contributed by atoms with Crippen LogP contribution in [-0.2, 0) is 11.3 Å². The Labute approximate surface area is 130 Å². The summed E-state index contributed by atoms with van der Waals surface area (Å²) >= 11 is 0. The summed E-state index contributed by atoms with van der Waals surface area (Å²) in [6.07, 6.45) is 2.08. The number of carbonyl (C=O) groups is 1. The van der Waals surface area contributed by atoms with Crippen LogP contribution in [0, 0.1) is 5.82 Å². The number of halogens is 1. The van der Waals surface area contributed by atoms with Gasteiger partial charge in [0.2, 0.25) is 0 Å². The summed E-state index contributed by atoms with van der Waals surface area (Å²) in [6.45, 7) is 0.451. The fraction of sp³-hybridized carbons (Fsp3) is 0.188. The van der Waals surface area contributed by atoms with E-state index in [0.717, 1.165) is 6.07 Å². The van der Waals surface area contributed by atoms with Crippen LogP contribution in [0.3, 0.4) is 0 Å². The molecule has 6 nitrogen and oxygen atoms in total. The number of esters is 1. The molecule has 23 heavy (non-hydrogen) atoms. The smallest absolute Gasteiger partial charge is 0.350 e. The molecule has 0 atom stereocenters. The third-order valence-electron chi connectivity index (χ3n) is 3.30. The highest BCUT2D eigenvalue weighted by atomic mass is 19.1. The van der Waals surface area contributed by atoms with E-state index in [1.807, 2.05) is 0 Å². The van der Waals surface area contributed by atoms with E-state index in [9.17, 15) is 14.0 Å².